The topological polar surface area (TPSA) is 69.2 Å². The average Bonchev–Trinajstić information content (AvgIpc) is 2.76. The SMILES string of the molecule is CC(CO)N(C)Cc1nc2ccsc2c(=O)[nH]1. The molecule has 2 N–H and O–H groups in total. The molecule has 0 bridgehead atoms. The first-order chi connectivity index (χ1) is 8.11. The lowest BCUT2D eigenvalue weighted by Gasteiger charge is -2.21. The number of hydrogen-bond donors (Lipinski definition) is 2. The zero-order valence-electron chi connectivity index (χ0n) is 9.80. The zero-order chi connectivity index (χ0) is 12.4. The van der Waals surface area contributed by atoms with Crippen LogP contribution in [0, 0.1) is 0 Å². The summed E-state index contributed by atoms with van der Waals surface area (Å²) in [6.07, 6.45) is 0. The van der Waals surface area contributed by atoms with Gasteiger partial charge in [0.05, 0.1) is 18.7 Å². The Morgan fingerprint density at radius 2 is 2.41 bits per heavy atom. The van der Waals surface area contributed by atoms with Crippen molar-refractivity contribution >= 4 is 21.6 Å². The van der Waals surface area contributed by atoms with Crippen LogP contribution in [-0.2, 0) is 6.54 Å². The van der Waals surface area contributed by atoms with Gasteiger partial charge in [0.25, 0.3) is 5.56 Å². The first kappa shape index (κ1) is 12.2. The predicted molar refractivity (Wildman–Crippen MR) is 68.3 cm³/mol. The largest absolute Gasteiger partial charge is 0.395 e. The fraction of sp³-hybridized carbons (Fsp3) is 0.455. The monoisotopic (exact) mass is 253 g/mol. The van der Waals surface area contributed by atoms with Gasteiger partial charge in [-0.15, -0.1) is 11.3 Å². The molecular weight excluding hydrogens is 238 g/mol. The molecular formula is C11H15N3O2S. The minimum Gasteiger partial charge on any atom is -0.395 e. The molecule has 0 spiro atoms. The molecule has 0 aromatic carbocycles. The van der Waals surface area contributed by atoms with E-state index >= 15 is 0 Å². The molecule has 2 aromatic heterocycles. The maximum atomic E-state index is 11.7. The molecule has 0 saturated carbocycles. The van der Waals surface area contributed by atoms with Gasteiger partial charge in [0.1, 0.15) is 10.5 Å². The first-order valence-corrected chi connectivity index (χ1v) is 6.27. The molecule has 0 amide bonds. The molecule has 1 unspecified atom stereocenters. The molecule has 0 radical (unpaired) electrons. The summed E-state index contributed by atoms with van der Waals surface area (Å²) in [7, 11) is 1.89. The summed E-state index contributed by atoms with van der Waals surface area (Å²) >= 11 is 1.39. The standard InChI is InChI=1S/C11H15N3O2S/c1-7(6-15)14(2)5-9-12-8-3-4-17-10(8)11(16)13-9/h3-4,7,15H,5-6H2,1-2H3,(H,12,13,16). The van der Waals surface area contributed by atoms with Gasteiger partial charge in [-0.2, -0.15) is 0 Å². The van der Waals surface area contributed by atoms with E-state index in [9.17, 15) is 4.79 Å². The van der Waals surface area contributed by atoms with Gasteiger partial charge < -0.3 is 10.1 Å². The Morgan fingerprint density at radius 1 is 1.65 bits per heavy atom. The number of hydrogen-bond acceptors (Lipinski definition) is 5. The smallest absolute Gasteiger partial charge is 0.268 e. The Hall–Kier alpha value is -1.24. The van der Waals surface area contributed by atoms with Gasteiger partial charge in [-0.3, -0.25) is 9.69 Å². The number of nitrogens with zero attached hydrogens (tertiary/aromatic N) is 2. The van der Waals surface area contributed by atoms with Crippen LogP contribution in [0.5, 0.6) is 0 Å². The average molecular weight is 253 g/mol. The number of thiophene rings is 1. The summed E-state index contributed by atoms with van der Waals surface area (Å²) in [5, 5.41) is 10.9. The second-order valence-electron chi connectivity index (χ2n) is 4.09. The Morgan fingerprint density at radius 3 is 3.12 bits per heavy atom. The van der Waals surface area contributed by atoms with Gasteiger partial charge in [-0.25, -0.2) is 4.98 Å². The lowest BCUT2D eigenvalue weighted by atomic mass is 10.3. The molecule has 6 heteroatoms. The van der Waals surface area contributed by atoms with E-state index in [2.05, 4.69) is 9.97 Å². The minimum absolute atomic E-state index is 0.0403. The van der Waals surface area contributed by atoms with E-state index < -0.39 is 0 Å². The van der Waals surface area contributed by atoms with Crippen molar-refractivity contribution in [1.82, 2.24) is 14.9 Å². The number of likely N-dealkylation sites (N-methyl/N-ethyl adjacent to an activating group) is 1. The van der Waals surface area contributed by atoms with Gasteiger partial charge in [0.15, 0.2) is 0 Å². The summed E-state index contributed by atoms with van der Waals surface area (Å²) < 4.78 is 0.659. The summed E-state index contributed by atoms with van der Waals surface area (Å²) in [5.74, 6) is 0.628. The van der Waals surface area contributed by atoms with E-state index in [-0.39, 0.29) is 18.2 Å². The van der Waals surface area contributed by atoms with Crippen molar-refractivity contribution in [2.24, 2.45) is 0 Å². The molecule has 5 nitrogen and oxygen atoms in total. The highest BCUT2D eigenvalue weighted by Crippen LogP contribution is 2.14. The third-order valence-electron chi connectivity index (χ3n) is 2.78. The number of rotatable bonds is 4. The summed E-state index contributed by atoms with van der Waals surface area (Å²) in [6.45, 7) is 2.52. The Balaban J connectivity index is 2.27. The van der Waals surface area contributed by atoms with Crippen LogP contribution in [0.25, 0.3) is 10.2 Å². The van der Waals surface area contributed by atoms with E-state index in [1.165, 1.54) is 11.3 Å². The van der Waals surface area contributed by atoms with Gasteiger partial charge in [0.2, 0.25) is 0 Å². The van der Waals surface area contributed by atoms with E-state index in [0.717, 1.165) is 5.52 Å². The third-order valence-corrected chi connectivity index (χ3v) is 3.68. The Kier molecular flexibility index (Phi) is 3.56. The maximum Gasteiger partial charge on any atom is 0.268 e. The van der Waals surface area contributed by atoms with Crippen molar-refractivity contribution in [2.75, 3.05) is 13.7 Å². The molecule has 0 aliphatic rings. The van der Waals surface area contributed by atoms with E-state index in [1.54, 1.807) is 0 Å². The maximum absolute atomic E-state index is 11.7. The van der Waals surface area contributed by atoms with Crippen molar-refractivity contribution in [3.8, 4) is 0 Å². The van der Waals surface area contributed by atoms with Crippen LogP contribution in [0.15, 0.2) is 16.2 Å². The number of nitrogens with one attached hydrogen (secondary N) is 1. The second-order valence-corrected chi connectivity index (χ2v) is 5.01. The van der Waals surface area contributed by atoms with E-state index in [1.807, 2.05) is 30.3 Å². The summed E-state index contributed by atoms with van der Waals surface area (Å²) in [6, 6.07) is 1.88. The number of aromatic nitrogens is 2. The summed E-state index contributed by atoms with van der Waals surface area (Å²) in [4.78, 5) is 20.8. The number of aromatic amines is 1. The lowest BCUT2D eigenvalue weighted by molar-refractivity contribution is 0.151. The van der Waals surface area contributed by atoms with Crippen molar-refractivity contribution in [3.63, 3.8) is 0 Å². The van der Waals surface area contributed by atoms with Crippen LogP contribution in [-0.4, -0.2) is 39.7 Å². The second kappa shape index (κ2) is 4.95. The molecule has 2 rings (SSSR count). The van der Waals surface area contributed by atoms with Gasteiger partial charge >= 0.3 is 0 Å². The van der Waals surface area contributed by atoms with Gasteiger partial charge in [-0.05, 0) is 25.4 Å². The number of fused-ring (bicyclic) bond motifs is 1. The highest BCUT2D eigenvalue weighted by atomic mass is 32.1. The molecule has 2 heterocycles. The third kappa shape index (κ3) is 2.54. The molecule has 2 aromatic rings. The van der Waals surface area contributed by atoms with E-state index in [4.69, 9.17) is 5.11 Å². The quantitative estimate of drug-likeness (QED) is 0.845. The molecule has 92 valence electrons. The number of H-pyrrole nitrogens is 1. The van der Waals surface area contributed by atoms with Crippen LogP contribution < -0.4 is 5.56 Å². The first-order valence-electron chi connectivity index (χ1n) is 5.39. The normalized spacial score (nSPS) is 13.4. The Bertz CT molecular complexity index is 563. The van der Waals surface area contributed by atoms with Crippen molar-refractivity contribution < 1.29 is 5.11 Å². The minimum atomic E-state index is -0.0925. The molecule has 0 fully saturated rings. The Labute approximate surface area is 103 Å². The van der Waals surface area contributed by atoms with Crippen LogP contribution in [0.3, 0.4) is 0 Å². The molecule has 17 heavy (non-hydrogen) atoms. The molecule has 0 aliphatic carbocycles. The zero-order valence-corrected chi connectivity index (χ0v) is 10.6. The van der Waals surface area contributed by atoms with E-state index in [0.29, 0.717) is 17.1 Å². The highest BCUT2D eigenvalue weighted by Gasteiger charge is 2.11. The highest BCUT2D eigenvalue weighted by molar-refractivity contribution is 7.17. The van der Waals surface area contributed by atoms with Crippen molar-refractivity contribution in [2.45, 2.75) is 19.5 Å². The molecule has 0 aliphatic heterocycles. The van der Waals surface area contributed by atoms with Crippen molar-refractivity contribution in [3.05, 3.63) is 27.6 Å². The van der Waals surface area contributed by atoms with Crippen LogP contribution in [0.4, 0.5) is 0 Å². The van der Waals surface area contributed by atoms with Crippen LogP contribution >= 0.6 is 11.3 Å². The van der Waals surface area contributed by atoms with Crippen LogP contribution in [0.1, 0.15) is 12.7 Å². The van der Waals surface area contributed by atoms with Crippen molar-refractivity contribution in [1.29, 1.82) is 0 Å². The fourth-order valence-corrected chi connectivity index (χ4v) is 2.25. The van der Waals surface area contributed by atoms with Crippen LogP contribution in [0.2, 0.25) is 0 Å². The fourth-order valence-electron chi connectivity index (χ4n) is 1.53. The predicted octanol–water partition coefficient (Wildman–Crippen LogP) is 0.797. The summed E-state index contributed by atoms with van der Waals surface area (Å²) in [5.41, 5.74) is 0.642. The van der Waals surface area contributed by atoms with Gasteiger partial charge in [0, 0.05) is 6.04 Å². The number of aliphatic hydroxyl groups excluding tert-OH is 1. The number of aliphatic hydroxyl groups is 1. The lowest BCUT2D eigenvalue weighted by Crippen LogP contribution is -2.32. The van der Waals surface area contributed by atoms with Gasteiger partial charge in [-0.1, -0.05) is 0 Å². The molecule has 0 saturated heterocycles. The molecule has 1 atom stereocenters.